The zero-order valence-electron chi connectivity index (χ0n) is 17.5. The Balaban J connectivity index is 1.26. The van der Waals surface area contributed by atoms with Crippen LogP contribution in [0.2, 0.25) is 0 Å². The molecule has 2 heterocycles. The summed E-state index contributed by atoms with van der Waals surface area (Å²) < 4.78 is 0. The molecule has 30 heavy (non-hydrogen) atoms. The van der Waals surface area contributed by atoms with Crippen molar-refractivity contribution in [3.05, 3.63) is 76.9 Å². The highest BCUT2D eigenvalue weighted by Gasteiger charge is 2.31. The molecular formula is C24H28N4OS. The number of carbonyl (C=O) groups is 1. The van der Waals surface area contributed by atoms with E-state index in [4.69, 9.17) is 0 Å². The van der Waals surface area contributed by atoms with Crippen LogP contribution in [-0.2, 0) is 13.1 Å². The third-order valence-corrected chi connectivity index (χ3v) is 6.71. The van der Waals surface area contributed by atoms with Crippen LogP contribution in [0, 0.1) is 0 Å². The summed E-state index contributed by atoms with van der Waals surface area (Å²) in [5.41, 5.74) is 3.33. The standard InChI is InChI=1S/C24H28N4OS/c1-17(2)28-15-21(16-28)23-25-14-22(30-23)20-10-8-19(9-11-20)13-27-24(29)26-12-18-6-4-3-5-7-18/h3-11,14,17,21H,12-13,15-16H2,1-2H3,(H2,26,27,29). The first kappa shape index (κ1) is 20.6. The second kappa shape index (κ2) is 9.41. The van der Waals surface area contributed by atoms with Gasteiger partial charge in [-0.2, -0.15) is 0 Å². The van der Waals surface area contributed by atoms with E-state index in [2.05, 4.69) is 58.6 Å². The highest BCUT2D eigenvalue weighted by Crippen LogP contribution is 2.35. The Morgan fingerprint density at radius 1 is 1.03 bits per heavy atom. The first-order valence-corrected chi connectivity index (χ1v) is 11.2. The van der Waals surface area contributed by atoms with Crippen molar-refractivity contribution in [3.63, 3.8) is 0 Å². The highest BCUT2D eigenvalue weighted by atomic mass is 32.1. The smallest absolute Gasteiger partial charge is 0.315 e. The Kier molecular flexibility index (Phi) is 6.45. The van der Waals surface area contributed by atoms with Crippen molar-refractivity contribution < 1.29 is 4.79 Å². The molecule has 0 aliphatic carbocycles. The number of aromatic nitrogens is 1. The zero-order valence-corrected chi connectivity index (χ0v) is 18.3. The summed E-state index contributed by atoms with van der Waals surface area (Å²) in [7, 11) is 0. The molecule has 2 aromatic carbocycles. The number of nitrogens with one attached hydrogen (secondary N) is 2. The number of carbonyl (C=O) groups excluding carboxylic acids is 1. The lowest BCUT2D eigenvalue weighted by Crippen LogP contribution is -2.48. The average Bonchev–Trinajstić information content (AvgIpc) is 3.20. The summed E-state index contributed by atoms with van der Waals surface area (Å²) in [5.74, 6) is 0.573. The van der Waals surface area contributed by atoms with Gasteiger partial charge in [-0.05, 0) is 30.5 Å². The van der Waals surface area contributed by atoms with Crippen LogP contribution in [0.4, 0.5) is 4.79 Å². The van der Waals surface area contributed by atoms with Crippen LogP contribution >= 0.6 is 11.3 Å². The molecule has 1 aliphatic heterocycles. The molecule has 1 aliphatic rings. The number of rotatable bonds is 7. The molecule has 2 N–H and O–H groups in total. The number of likely N-dealkylation sites (tertiary alicyclic amines) is 1. The predicted octanol–water partition coefficient (Wildman–Crippen LogP) is 4.62. The molecule has 0 unspecified atom stereocenters. The van der Waals surface area contributed by atoms with Gasteiger partial charge in [-0.15, -0.1) is 11.3 Å². The second-order valence-electron chi connectivity index (χ2n) is 8.03. The minimum Gasteiger partial charge on any atom is -0.334 e. The van der Waals surface area contributed by atoms with Gasteiger partial charge >= 0.3 is 6.03 Å². The number of nitrogens with zero attached hydrogens (tertiary/aromatic N) is 2. The van der Waals surface area contributed by atoms with E-state index in [1.165, 1.54) is 15.4 Å². The minimum atomic E-state index is -0.161. The molecule has 4 rings (SSSR count). The maximum atomic E-state index is 12.0. The molecule has 1 fully saturated rings. The molecule has 3 aromatic rings. The second-order valence-corrected chi connectivity index (χ2v) is 9.09. The average molecular weight is 421 g/mol. The molecule has 1 aromatic heterocycles. The van der Waals surface area contributed by atoms with Gasteiger partial charge in [-0.3, -0.25) is 4.90 Å². The van der Waals surface area contributed by atoms with Crippen molar-refractivity contribution in [2.24, 2.45) is 0 Å². The summed E-state index contributed by atoms with van der Waals surface area (Å²) in [4.78, 5) is 20.4. The monoisotopic (exact) mass is 420 g/mol. The van der Waals surface area contributed by atoms with Crippen molar-refractivity contribution in [2.45, 2.75) is 38.9 Å². The Morgan fingerprint density at radius 3 is 2.30 bits per heavy atom. The summed E-state index contributed by atoms with van der Waals surface area (Å²) in [5, 5.41) is 7.03. The van der Waals surface area contributed by atoms with Crippen LogP contribution in [0.5, 0.6) is 0 Å². The Labute approximate surface area is 182 Å². The van der Waals surface area contributed by atoms with Crippen molar-refractivity contribution in [3.8, 4) is 10.4 Å². The minimum absolute atomic E-state index is 0.161. The van der Waals surface area contributed by atoms with E-state index < -0.39 is 0 Å². The van der Waals surface area contributed by atoms with Gasteiger partial charge in [0.05, 0.1) is 9.88 Å². The van der Waals surface area contributed by atoms with E-state index in [9.17, 15) is 4.79 Å². The Bertz CT molecular complexity index is 962. The SMILES string of the molecule is CC(C)N1CC(c2ncc(-c3ccc(CNC(=O)NCc4ccccc4)cc3)s2)C1. The lowest BCUT2D eigenvalue weighted by Gasteiger charge is -2.41. The number of hydrogen-bond donors (Lipinski definition) is 2. The fourth-order valence-corrected chi connectivity index (χ4v) is 4.52. The van der Waals surface area contributed by atoms with Crippen LogP contribution in [0.25, 0.3) is 10.4 Å². The molecule has 0 atom stereocenters. The molecule has 0 saturated carbocycles. The molecule has 0 radical (unpaired) electrons. The van der Waals surface area contributed by atoms with Gasteiger partial charge in [-0.25, -0.2) is 9.78 Å². The molecule has 6 heteroatoms. The van der Waals surface area contributed by atoms with Crippen LogP contribution in [0.1, 0.15) is 35.9 Å². The summed E-state index contributed by atoms with van der Waals surface area (Å²) in [6.45, 7) is 7.74. The number of urea groups is 1. The molecule has 0 spiro atoms. The van der Waals surface area contributed by atoms with Crippen molar-refractivity contribution in [1.29, 1.82) is 0 Å². The van der Waals surface area contributed by atoms with E-state index in [0.29, 0.717) is 25.0 Å². The fraction of sp³-hybridized carbons (Fsp3) is 0.333. The van der Waals surface area contributed by atoms with Gasteiger partial charge in [0, 0.05) is 44.3 Å². The van der Waals surface area contributed by atoms with E-state index >= 15 is 0 Å². The number of hydrogen-bond acceptors (Lipinski definition) is 4. The molecular weight excluding hydrogens is 392 g/mol. The van der Waals surface area contributed by atoms with Crippen LogP contribution in [0.15, 0.2) is 60.8 Å². The van der Waals surface area contributed by atoms with Gasteiger partial charge in [-0.1, -0.05) is 54.6 Å². The normalized spacial score (nSPS) is 14.5. The fourth-order valence-electron chi connectivity index (χ4n) is 3.51. The van der Waals surface area contributed by atoms with Crippen LogP contribution in [0.3, 0.4) is 0 Å². The number of amides is 2. The lowest BCUT2D eigenvalue weighted by molar-refractivity contribution is 0.110. The lowest BCUT2D eigenvalue weighted by atomic mass is 9.99. The Morgan fingerprint density at radius 2 is 1.67 bits per heavy atom. The van der Waals surface area contributed by atoms with Crippen LogP contribution < -0.4 is 10.6 Å². The summed E-state index contributed by atoms with van der Waals surface area (Å²) >= 11 is 1.79. The maximum absolute atomic E-state index is 12.0. The van der Waals surface area contributed by atoms with Crippen molar-refractivity contribution in [1.82, 2.24) is 20.5 Å². The third-order valence-electron chi connectivity index (χ3n) is 5.50. The molecule has 1 saturated heterocycles. The van der Waals surface area contributed by atoms with E-state index in [-0.39, 0.29) is 6.03 Å². The largest absolute Gasteiger partial charge is 0.334 e. The number of benzene rings is 2. The maximum Gasteiger partial charge on any atom is 0.315 e. The van der Waals surface area contributed by atoms with Gasteiger partial charge in [0.25, 0.3) is 0 Å². The van der Waals surface area contributed by atoms with E-state index in [0.717, 1.165) is 24.2 Å². The van der Waals surface area contributed by atoms with Crippen molar-refractivity contribution in [2.75, 3.05) is 13.1 Å². The number of thiazole rings is 1. The van der Waals surface area contributed by atoms with E-state index in [1.807, 2.05) is 36.5 Å². The van der Waals surface area contributed by atoms with Crippen molar-refractivity contribution >= 4 is 17.4 Å². The predicted molar refractivity (Wildman–Crippen MR) is 123 cm³/mol. The van der Waals surface area contributed by atoms with Crippen LogP contribution in [-0.4, -0.2) is 35.0 Å². The van der Waals surface area contributed by atoms with Gasteiger partial charge in [0.15, 0.2) is 0 Å². The first-order chi connectivity index (χ1) is 14.6. The van der Waals surface area contributed by atoms with Gasteiger partial charge in [0.1, 0.15) is 0 Å². The van der Waals surface area contributed by atoms with Gasteiger partial charge < -0.3 is 10.6 Å². The molecule has 5 nitrogen and oxygen atoms in total. The zero-order chi connectivity index (χ0) is 20.9. The summed E-state index contributed by atoms with van der Waals surface area (Å²) in [6.07, 6.45) is 1.99. The molecule has 156 valence electrons. The quantitative estimate of drug-likeness (QED) is 0.587. The Hall–Kier alpha value is -2.70. The highest BCUT2D eigenvalue weighted by molar-refractivity contribution is 7.15. The molecule has 0 bridgehead atoms. The third kappa shape index (κ3) is 5.07. The molecule has 2 amide bonds. The van der Waals surface area contributed by atoms with E-state index in [1.54, 1.807) is 11.3 Å². The first-order valence-electron chi connectivity index (χ1n) is 10.4. The topological polar surface area (TPSA) is 57.3 Å². The summed E-state index contributed by atoms with van der Waals surface area (Å²) in [6, 6.07) is 18.7. The van der Waals surface area contributed by atoms with Gasteiger partial charge in [0.2, 0.25) is 0 Å².